The van der Waals surface area contributed by atoms with Gasteiger partial charge >= 0.3 is 0 Å². The van der Waals surface area contributed by atoms with Gasteiger partial charge in [0, 0.05) is 25.1 Å². The third-order valence-corrected chi connectivity index (χ3v) is 6.10. The molecule has 0 spiro atoms. The number of hydrogen-bond acceptors (Lipinski definition) is 3. The van der Waals surface area contributed by atoms with Crippen LogP contribution in [0.2, 0.25) is 0 Å². The van der Waals surface area contributed by atoms with Crippen LogP contribution >= 0.6 is 0 Å². The quantitative estimate of drug-likeness (QED) is 0.668. The fourth-order valence-corrected chi connectivity index (χ4v) is 4.16. The highest BCUT2D eigenvalue weighted by molar-refractivity contribution is 5.36. The summed E-state index contributed by atoms with van der Waals surface area (Å²) in [6.07, 6.45) is 6.01. The van der Waals surface area contributed by atoms with Crippen LogP contribution in [-0.4, -0.2) is 41.4 Å². The largest absolute Gasteiger partial charge is 0.396 e. The number of rotatable bonds is 8. The monoisotopic (exact) mass is 391 g/mol. The molecule has 1 fully saturated rings. The molecular formula is C26H33NO2. The number of nitrogens with zero attached hydrogens (tertiary/aromatic N) is 1. The van der Waals surface area contributed by atoms with Crippen LogP contribution in [0.3, 0.4) is 0 Å². The third-order valence-electron chi connectivity index (χ3n) is 6.10. The van der Waals surface area contributed by atoms with Crippen LogP contribution in [0.25, 0.3) is 0 Å². The van der Waals surface area contributed by atoms with Gasteiger partial charge in [-0.25, -0.2) is 0 Å². The predicted octanol–water partition coefficient (Wildman–Crippen LogP) is 4.02. The first-order chi connectivity index (χ1) is 14.2. The fourth-order valence-electron chi connectivity index (χ4n) is 4.16. The van der Waals surface area contributed by atoms with E-state index >= 15 is 0 Å². The summed E-state index contributed by atoms with van der Waals surface area (Å²) < 4.78 is 0. The van der Waals surface area contributed by atoms with Crippen molar-refractivity contribution in [3.05, 3.63) is 71.3 Å². The Kier molecular flexibility index (Phi) is 8.31. The van der Waals surface area contributed by atoms with E-state index in [-0.39, 0.29) is 12.0 Å². The molecule has 154 valence electrons. The maximum Gasteiger partial charge on any atom is 0.0540 e. The Morgan fingerprint density at radius 1 is 0.897 bits per heavy atom. The lowest BCUT2D eigenvalue weighted by Gasteiger charge is -2.41. The first-order valence-corrected chi connectivity index (χ1v) is 10.8. The molecule has 0 saturated carbocycles. The van der Waals surface area contributed by atoms with Crippen LogP contribution in [0.15, 0.2) is 54.6 Å². The van der Waals surface area contributed by atoms with Gasteiger partial charge in [-0.2, -0.15) is 0 Å². The average molecular weight is 392 g/mol. The fraction of sp³-hybridized carbons (Fsp3) is 0.462. The molecular weight excluding hydrogens is 358 g/mol. The molecule has 29 heavy (non-hydrogen) atoms. The second kappa shape index (κ2) is 11.2. The van der Waals surface area contributed by atoms with Crippen molar-refractivity contribution in [3.63, 3.8) is 0 Å². The van der Waals surface area contributed by atoms with Crippen molar-refractivity contribution in [2.75, 3.05) is 26.3 Å². The van der Waals surface area contributed by atoms with Gasteiger partial charge in [-0.3, -0.25) is 4.90 Å². The maximum atomic E-state index is 10.1. The molecule has 0 unspecified atom stereocenters. The van der Waals surface area contributed by atoms with Crippen molar-refractivity contribution >= 4 is 0 Å². The van der Waals surface area contributed by atoms with Crippen LogP contribution in [-0.2, 0) is 13.0 Å². The van der Waals surface area contributed by atoms with Crippen molar-refractivity contribution < 1.29 is 10.2 Å². The minimum Gasteiger partial charge on any atom is -0.396 e. The standard InChI is InChI=1S/C26H33NO2/c28-20-5-4-9-24-11-13-25(14-12-24)21-27-18-16-26(22-29,17-19-27)15-6-10-23-7-2-1-3-8-23/h1-3,7-8,11-14,28-29H,5-6,10,15-22H2. The van der Waals surface area contributed by atoms with Crippen LogP contribution < -0.4 is 0 Å². The lowest BCUT2D eigenvalue weighted by atomic mass is 9.75. The van der Waals surface area contributed by atoms with Crippen molar-refractivity contribution in [1.29, 1.82) is 0 Å². The maximum absolute atomic E-state index is 10.1. The highest BCUT2D eigenvalue weighted by Gasteiger charge is 2.33. The molecule has 3 heteroatoms. The van der Waals surface area contributed by atoms with Gasteiger partial charge in [0.25, 0.3) is 0 Å². The zero-order valence-electron chi connectivity index (χ0n) is 17.3. The van der Waals surface area contributed by atoms with Gasteiger partial charge in [0.05, 0.1) is 6.61 Å². The molecule has 2 N–H and O–H groups in total. The molecule has 0 radical (unpaired) electrons. The van der Waals surface area contributed by atoms with Crippen LogP contribution in [0.5, 0.6) is 0 Å². The van der Waals surface area contributed by atoms with E-state index in [1.54, 1.807) is 0 Å². The van der Waals surface area contributed by atoms with E-state index < -0.39 is 0 Å². The third kappa shape index (κ3) is 6.72. The van der Waals surface area contributed by atoms with E-state index in [1.807, 2.05) is 0 Å². The van der Waals surface area contributed by atoms with Gasteiger partial charge < -0.3 is 10.2 Å². The molecule has 1 aliphatic rings. The molecule has 0 atom stereocenters. The second-order valence-corrected chi connectivity index (χ2v) is 8.25. The average Bonchev–Trinajstić information content (AvgIpc) is 2.77. The first-order valence-electron chi connectivity index (χ1n) is 10.8. The molecule has 0 bridgehead atoms. The predicted molar refractivity (Wildman–Crippen MR) is 118 cm³/mol. The number of aliphatic hydroxyl groups is 2. The van der Waals surface area contributed by atoms with Crippen LogP contribution in [0, 0.1) is 17.3 Å². The van der Waals surface area contributed by atoms with Gasteiger partial charge in [-0.1, -0.05) is 54.3 Å². The number of aliphatic hydroxyl groups excluding tert-OH is 2. The molecule has 1 aliphatic heterocycles. The van der Waals surface area contributed by atoms with Gasteiger partial charge in [-0.15, -0.1) is 0 Å². The van der Waals surface area contributed by atoms with E-state index in [0.717, 1.165) is 57.3 Å². The first kappa shape index (κ1) is 21.6. The summed E-state index contributed by atoms with van der Waals surface area (Å²) in [6.45, 7) is 3.46. The van der Waals surface area contributed by atoms with E-state index in [4.69, 9.17) is 5.11 Å². The highest BCUT2D eigenvalue weighted by Crippen LogP contribution is 2.36. The van der Waals surface area contributed by atoms with Crippen molar-refractivity contribution in [3.8, 4) is 11.8 Å². The molecule has 1 heterocycles. The minimum atomic E-state index is 0.0947. The number of hydrogen-bond donors (Lipinski definition) is 2. The van der Waals surface area contributed by atoms with Gasteiger partial charge in [0.15, 0.2) is 0 Å². The topological polar surface area (TPSA) is 43.7 Å². The molecule has 2 aromatic rings. The number of likely N-dealkylation sites (tertiary alicyclic amines) is 1. The summed E-state index contributed by atoms with van der Waals surface area (Å²) in [6, 6.07) is 19.1. The van der Waals surface area contributed by atoms with E-state index in [1.165, 1.54) is 11.1 Å². The summed E-state index contributed by atoms with van der Waals surface area (Å²) in [5, 5.41) is 18.9. The Bertz CT molecular complexity index is 781. The van der Waals surface area contributed by atoms with E-state index in [0.29, 0.717) is 13.0 Å². The molecule has 0 amide bonds. The highest BCUT2D eigenvalue weighted by atomic mass is 16.3. The molecule has 2 aromatic carbocycles. The summed E-state index contributed by atoms with van der Waals surface area (Å²) in [7, 11) is 0. The van der Waals surface area contributed by atoms with Crippen molar-refractivity contribution in [1.82, 2.24) is 4.90 Å². The molecule has 0 aliphatic carbocycles. The molecule has 3 nitrogen and oxygen atoms in total. The molecule has 3 rings (SSSR count). The Labute approximate surface area is 175 Å². The normalized spacial score (nSPS) is 16.2. The van der Waals surface area contributed by atoms with E-state index in [9.17, 15) is 5.11 Å². The Morgan fingerprint density at radius 2 is 1.62 bits per heavy atom. The van der Waals surface area contributed by atoms with Gasteiger partial charge in [0.1, 0.15) is 0 Å². The molecule has 1 saturated heterocycles. The summed E-state index contributed by atoms with van der Waals surface area (Å²) in [5.74, 6) is 6.04. The smallest absolute Gasteiger partial charge is 0.0540 e. The SMILES string of the molecule is OCCC#Cc1ccc(CN2CCC(CO)(CCCc3ccccc3)CC2)cc1. The Hall–Kier alpha value is -2.12. The van der Waals surface area contributed by atoms with Crippen LogP contribution in [0.1, 0.15) is 48.8 Å². The second-order valence-electron chi connectivity index (χ2n) is 8.25. The van der Waals surface area contributed by atoms with Crippen LogP contribution in [0.4, 0.5) is 0 Å². The summed E-state index contributed by atoms with van der Waals surface area (Å²) in [4.78, 5) is 2.50. The number of piperidine rings is 1. The lowest BCUT2D eigenvalue weighted by Crippen LogP contribution is -2.41. The van der Waals surface area contributed by atoms with E-state index in [2.05, 4.69) is 71.3 Å². The lowest BCUT2D eigenvalue weighted by molar-refractivity contribution is 0.0330. The zero-order valence-corrected chi connectivity index (χ0v) is 17.3. The number of benzene rings is 2. The summed E-state index contributed by atoms with van der Waals surface area (Å²) >= 11 is 0. The Balaban J connectivity index is 1.45. The number of aryl methyl sites for hydroxylation is 1. The van der Waals surface area contributed by atoms with Gasteiger partial charge in [0.2, 0.25) is 0 Å². The van der Waals surface area contributed by atoms with Crippen molar-refractivity contribution in [2.45, 2.75) is 45.1 Å². The van der Waals surface area contributed by atoms with Gasteiger partial charge in [-0.05, 0) is 73.9 Å². The zero-order chi connectivity index (χ0) is 20.4. The minimum absolute atomic E-state index is 0.0947. The molecule has 0 aromatic heterocycles. The Morgan fingerprint density at radius 3 is 2.28 bits per heavy atom. The van der Waals surface area contributed by atoms with Crippen molar-refractivity contribution in [2.24, 2.45) is 5.41 Å². The summed E-state index contributed by atoms with van der Waals surface area (Å²) in [5.41, 5.74) is 3.79.